The number of hydrogen-bond acceptors (Lipinski definition) is 6. The number of primary amides is 1. The molecule has 1 amide bonds. The van der Waals surface area contributed by atoms with E-state index in [0.717, 1.165) is 0 Å². The second-order valence-corrected chi connectivity index (χ2v) is 6.39. The fourth-order valence-corrected chi connectivity index (χ4v) is 2.72. The number of nitrogens with zero attached hydrogens (tertiary/aromatic N) is 3. The molecule has 0 aliphatic carbocycles. The summed E-state index contributed by atoms with van der Waals surface area (Å²) in [5.74, 6) is -0.866. The summed E-state index contributed by atoms with van der Waals surface area (Å²) in [6, 6.07) is 10.2. The lowest BCUT2D eigenvalue weighted by Gasteiger charge is -2.10. The minimum absolute atomic E-state index is 0.0985. The first-order valence-corrected chi connectivity index (χ1v) is 8.87. The normalized spacial score (nSPS) is 11.8. The molecule has 0 unspecified atom stereocenters. The molecule has 0 fully saturated rings. The Kier molecular flexibility index (Phi) is 6.28. The molecule has 29 heavy (non-hydrogen) atoms. The topological polar surface area (TPSA) is 114 Å². The Morgan fingerprint density at radius 2 is 2.03 bits per heavy atom. The number of anilines is 1. The van der Waals surface area contributed by atoms with Crippen LogP contribution in [-0.2, 0) is 6.42 Å². The van der Waals surface area contributed by atoms with E-state index in [9.17, 15) is 18.7 Å². The molecule has 9 heteroatoms. The van der Waals surface area contributed by atoms with Crippen molar-refractivity contribution in [3.05, 3.63) is 65.7 Å². The third-order valence-corrected chi connectivity index (χ3v) is 4.18. The maximum atomic E-state index is 14.1. The molecule has 0 radical (unpaired) electrons. The number of aromatic hydroxyl groups is 1. The molecule has 0 saturated carbocycles. The Bertz CT molecular complexity index is 998. The van der Waals surface area contributed by atoms with E-state index in [1.807, 2.05) is 0 Å². The number of benzene rings is 1. The SMILES string of the molecule is NC(=O)c1cc(O)cc(-c2ccc(NCC[C@H](F)Cc3ncccc3F)nn2)c1. The second kappa shape index (κ2) is 9.05. The van der Waals surface area contributed by atoms with Gasteiger partial charge >= 0.3 is 0 Å². The number of carbonyl (C=O) groups excluding carboxylic acids is 1. The van der Waals surface area contributed by atoms with Gasteiger partial charge in [-0.25, -0.2) is 8.78 Å². The molecule has 0 aliphatic rings. The molecule has 1 aromatic carbocycles. The number of pyridine rings is 1. The number of phenols is 1. The van der Waals surface area contributed by atoms with Gasteiger partial charge in [-0.2, -0.15) is 0 Å². The fraction of sp³-hybridized carbons (Fsp3) is 0.200. The average molecular weight is 399 g/mol. The average Bonchev–Trinajstić information content (AvgIpc) is 2.70. The summed E-state index contributed by atoms with van der Waals surface area (Å²) in [4.78, 5) is 15.1. The van der Waals surface area contributed by atoms with Crippen LogP contribution in [0.1, 0.15) is 22.5 Å². The summed E-state index contributed by atoms with van der Waals surface area (Å²) >= 11 is 0. The largest absolute Gasteiger partial charge is 0.508 e. The lowest BCUT2D eigenvalue weighted by atomic mass is 10.1. The number of rotatable bonds is 8. The van der Waals surface area contributed by atoms with E-state index in [0.29, 0.717) is 17.1 Å². The van der Waals surface area contributed by atoms with Gasteiger partial charge in [0.15, 0.2) is 0 Å². The molecular formula is C20H19F2N5O2. The summed E-state index contributed by atoms with van der Waals surface area (Å²) in [5, 5.41) is 20.7. The molecule has 7 nitrogen and oxygen atoms in total. The van der Waals surface area contributed by atoms with Gasteiger partial charge in [0.1, 0.15) is 23.6 Å². The van der Waals surface area contributed by atoms with Crippen molar-refractivity contribution < 1.29 is 18.7 Å². The fourth-order valence-electron chi connectivity index (χ4n) is 2.72. The van der Waals surface area contributed by atoms with Crippen molar-refractivity contribution in [1.29, 1.82) is 0 Å². The lowest BCUT2D eigenvalue weighted by Crippen LogP contribution is -2.14. The van der Waals surface area contributed by atoms with Crippen LogP contribution in [0, 0.1) is 5.82 Å². The quantitative estimate of drug-likeness (QED) is 0.537. The first-order chi connectivity index (χ1) is 13.9. The Labute approximate surface area is 165 Å². The number of nitrogens with one attached hydrogen (secondary N) is 1. The van der Waals surface area contributed by atoms with Crippen LogP contribution in [0.15, 0.2) is 48.7 Å². The Hall–Kier alpha value is -3.62. The molecule has 3 aromatic rings. The number of hydrogen-bond donors (Lipinski definition) is 3. The summed E-state index contributed by atoms with van der Waals surface area (Å²) in [6.45, 7) is 0.279. The molecule has 150 valence electrons. The van der Waals surface area contributed by atoms with Crippen LogP contribution >= 0.6 is 0 Å². The van der Waals surface area contributed by atoms with Crippen molar-refractivity contribution in [3.63, 3.8) is 0 Å². The number of phenolic OH excluding ortho intramolecular Hbond substituents is 1. The zero-order valence-electron chi connectivity index (χ0n) is 15.3. The standard InChI is InChI=1S/C20H19F2N5O2/c21-14(11-18-16(22)2-1-6-24-18)5-7-25-19-4-3-17(26-27-19)12-8-13(20(23)29)10-15(28)9-12/h1-4,6,8-10,14,28H,5,7,11H2,(H2,23,29)(H,25,27)/t14-/m0/s1. The van der Waals surface area contributed by atoms with Crippen LogP contribution < -0.4 is 11.1 Å². The number of nitrogens with two attached hydrogens (primary N) is 1. The molecule has 4 N–H and O–H groups in total. The van der Waals surface area contributed by atoms with Gasteiger partial charge in [0, 0.05) is 30.3 Å². The van der Waals surface area contributed by atoms with Gasteiger partial charge in [0.2, 0.25) is 5.91 Å². The van der Waals surface area contributed by atoms with Gasteiger partial charge in [-0.15, -0.1) is 10.2 Å². The first kappa shape index (κ1) is 20.1. The van der Waals surface area contributed by atoms with E-state index in [4.69, 9.17) is 5.73 Å². The van der Waals surface area contributed by atoms with Gasteiger partial charge in [0.25, 0.3) is 0 Å². The minimum Gasteiger partial charge on any atom is -0.508 e. The summed E-state index contributed by atoms with van der Waals surface area (Å²) < 4.78 is 27.6. The summed E-state index contributed by atoms with van der Waals surface area (Å²) in [6.07, 6.45) is 0.227. The highest BCUT2D eigenvalue weighted by atomic mass is 19.1. The third-order valence-electron chi connectivity index (χ3n) is 4.18. The Balaban J connectivity index is 1.56. The van der Waals surface area contributed by atoms with Crippen LogP contribution in [0.25, 0.3) is 11.3 Å². The smallest absolute Gasteiger partial charge is 0.248 e. The number of aromatic nitrogens is 3. The van der Waals surface area contributed by atoms with Gasteiger partial charge in [0.05, 0.1) is 11.4 Å². The molecular weight excluding hydrogens is 380 g/mol. The number of alkyl halides is 1. The molecule has 3 rings (SSSR count). The van der Waals surface area contributed by atoms with Crippen LogP contribution in [0.4, 0.5) is 14.6 Å². The van der Waals surface area contributed by atoms with Gasteiger partial charge < -0.3 is 16.2 Å². The molecule has 2 heterocycles. The number of carbonyl (C=O) groups is 1. The van der Waals surface area contributed by atoms with Crippen molar-refractivity contribution in [3.8, 4) is 17.0 Å². The summed E-state index contributed by atoms with van der Waals surface area (Å²) in [7, 11) is 0. The van der Waals surface area contributed by atoms with E-state index < -0.39 is 17.9 Å². The summed E-state index contributed by atoms with van der Waals surface area (Å²) in [5.41, 5.74) is 6.41. The molecule has 2 aromatic heterocycles. The van der Waals surface area contributed by atoms with Crippen molar-refractivity contribution in [2.45, 2.75) is 19.0 Å². The number of amides is 1. The van der Waals surface area contributed by atoms with E-state index in [2.05, 4.69) is 20.5 Å². The van der Waals surface area contributed by atoms with Gasteiger partial charge in [-0.1, -0.05) is 0 Å². The zero-order valence-corrected chi connectivity index (χ0v) is 15.3. The highest BCUT2D eigenvalue weighted by Gasteiger charge is 2.12. The van der Waals surface area contributed by atoms with E-state index in [1.165, 1.54) is 36.5 Å². The van der Waals surface area contributed by atoms with E-state index in [-0.39, 0.29) is 36.4 Å². The second-order valence-electron chi connectivity index (χ2n) is 6.39. The van der Waals surface area contributed by atoms with Crippen LogP contribution in [0.2, 0.25) is 0 Å². The predicted octanol–water partition coefficient (Wildman–Crippen LogP) is 2.87. The monoisotopic (exact) mass is 399 g/mol. The van der Waals surface area contributed by atoms with E-state index >= 15 is 0 Å². The number of halogens is 2. The predicted molar refractivity (Wildman–Crippen MR) is 104 cm³/mol. The van der Waals surface area contributed by atoms with Crippen molar-refractivity contribution in [2.24, 2.45) is 5.73 Å². The molecule has 0 bridgehead atoms. The molecule has 0 aliphatic heterocycles. The van der Waals surface area contributed by atoms with E-state index in [1.54, 1.807) is 12.1 Å². The van der Waals surface area contributed by atoms with Crippen molar-refractivity contribution >= 4 is 11.7 Å². The van der Waals surface area contributed by atoms with Crippen LogP contribution in [0.3, 0.4) is 0 Å². The highest BCUT2D eigenvalue weighted by molar-refractivity contribution is 5.94. The highest BCUT2D eigenvalue weighted by Crippen LogP contribution is 2.24. The van der Waals surface area contributed by atoms with Gasteiger partial charge in [-0.3, -0.25) is 9.78 Å². The third kappa shape index (κ3) is 5.44. The van der Waals surface area contributed by atoms with Gasteiger partial charge in [-0.05, 0) is 48.9 Å². The lowest BCUT2D eigenvalue weighted by molar-refractivity contribution is 0.1000. The first-order valence-electron chi connectivity index (χ1n) is 8.87. The van der Waals surface area contributed by atoms with Crippen molar-refractivity contribution in [1.82, 2.24) is 15.2 Å². The van der Waals surface area contributed by atoms with Crippen LogP contribution in [0.5, 0.6) is 5.75 Å². The molecule has 0 saturated heterocycles. The maximum Gasteiger partial charge on any atom is 0.248 e. The van der Waals surface area contributed by atoms with Crippen LogP contribution in [-0.4, -0.2) is 38.9 Å². The maximum absolute atomic E-state index is 14.1. The zero-order chi connectivity index (χ0) is 20.8. The Morgan fingerprint density at radius 3 is 2.72 bits per heavy atom. The minimum atomic E-state index is -1.25. The Morgan fingerprint density at radius 1 is 1.21 bits per heavy atom. The van der Waals surface area contributed by atoms with Crippen molar-refractivity contribution in [2.75, 3.05) is 11.9 Å². The molecule has 0 spiro atoms. The molecule has 1 atom stereocenters.